The van der Waals surface area contributed by atoms with Gasteiger partial charge in [-0.2, -0.15) is 0 Å². The van der Waals surface area contributed by atoms with E-state index in [1.165, 1.54) is 37.2 Å². The normalized spacial score (nSPS) is 25.5. The van der Waals surface area contributed by atoms with Crippen LogP contribution < -0.4 is 9.80 Å². The van der Waals surface area contributed by atoms with Crippen molar-refractivity contribution in [3.8, 4) is 0 Å². The summed E-state index contributed by atoms with van der Waals surface area (Å²) in [6, 6.07) is 7.62. The summed E-state index contributed by atoms with van der Waals surface area (Å²) < 4.78 is 0. The van der Waals surface area contributed by atoms with E-state index in [2.05, 4.69) is 48.9 Å². The average molecular weight is 244 g/mol. The van der Waals surface area contributed by atoms with Crippen molar-refractivity contribution in [2.45, 2.75) is 45.1 Å². The largest absolute Gasteiger partial charge is 0.371 e. The van der Waals surface area contributed by atoms with Gasteiger partial charge in [0.15, 0.2) is 0 Å². The minimum Gasteiger partial charge on any atom is -0.371 e. The molecule has 0 aliphatic carbocycles. The van der Waals surface area contributed by atoms with E-state index in [1.54, 1.807) is 5.56 Å². The Balaban J connectivity index is 2.09. The van der Waals surface area contributed by atoms with Crippen LogP contribution in [0.2, 0.25) is 0 Å². The number of likely N-dealkylation sites (N-methyl/N-ethyl adjacent to an activating group) is 1. The van der Waals surface area contributed by atoms with E-state index in [-0.39, 0.29) is 0 Å². The van der Waals surface area contributed by atoms with Crippen LogP contribution in [0.4, 0.5) is 11.4 Å². The molecule has 1 aromatic rings. The van der Waals surface area contributed by atoms with E-state index >= 15 is 0 Å². The zero-order valence-corrected chi connectivity index (χ0v) is 11.8. The van der Waals surface area contributed by atoms with Crippen molar-refractivity contribution in [2.24, 2.45) is 0 Å². The zero-order valence-electron chi connectivity index (χ0n) is 11.8. The van der Waals surface area contributed by atoms with Gasteiger partial charge in [0.25, 0.3) is 0 Å². The standard InChI is InChI=1S/C16H24N2/c1-4-7-14-12(5-2)13-8-6-9-15-16(13)18(14)11-10-17(15)3/h6,8-9,12,14H,4-5,7,10-11H2,1-3H3. The summed E-state index contributed by atoms with van der Waals surface area (Å²) in [5.41, 5.74) is 4.58. The van der Waals surface area contributed by atoms with Gasteiger partial charge in [0.05, 0.1) is 11.4 Å². The lowest BCUT2D eigenvalue weighted by Crippen LogP contribution is -2.43. The van der Waals surface area contributed by atoms with Crippen LogP contribution in [0.1, 0.15) is 44.6 Å². The molecule has 2 nitrogen and oxygen atoms in total. The molecule has 2 unspecified atom stereocenters. The Hall–Kier alpha value is -1.18. The maximum Gasteiger partial charge on any atom is 0.0643 e. The molecule has 2 aliphatic rings. The highest BCUT2D eigenvalue weighted by Gasteiger charge is 2.40. The maximum absolute atomic E-state index is 2.70. The fourth-order valence-electron chi connectivity index (χ4n) is 3.86. The molecule has 3 rings (SSSR count). The van der Waals surface area contributed by atoms with Crippen LogP contribution in [0.15, 0.2) is 18.2 Å². The van der Waals surface area contributed by atoms with E-state index in [1.807, 2.05) is 0 Å². The molecule has 18 heavy (non-hydrogen) atoms. The lowest BCUT2D eigenvalue weighted by molar-refractivity contribution is 0.476. The molecule has 2 atom stereocenters. The summed E-state index contributed by atoms with van der Waals surface area (Å²) in [6.45, 7) is 7.01. The summed E-state index contributed by atoms with van der Waals surface area (Å²) in [5, 5.41) is 0. The number of anilines is 2. The highest BCUT2D eigenvalue weighted by atomic mass is 15.3. The van der Waals surface area contributed by atoms with Crippen molar-refractivity contribution in [2.75, 3.05) is 29.9 Å². The molecule has 0 bridgehead atoms. The molecule has 2 heteroatoms. The molecule has 0 saturated heterocycles. The van der Waals surface area contributed by atoms with Crippen LogP contribution in [0.5, 0.6) is 0 Å². The third kappa shape index (κ3) is 1.54. The number of nitrogens with zero attached hydrogens (tertiary/aromatic N) is 2. The Kier molecular flexibility index (Phi) is 2.96. The molecule has 0 aromatic heterocycles. The van der Waals surface area contributed by atoms with Gasteiger partial charge < -0.3 is 9.80 Å². The summed E-state index contributed by atoms with van der Waals surface area (Å²) in [7, 11) is 2.22. The fourth-order valence-corrected chi connectivity index (χ4v) is 3.86. The summed E-state index contributed by atoms with van der Waals surface area (Å²) in [4.78, 5) is 5.11. The third-order valence-corrected chi connectivity index (χ3v) is 4.71. The Morgan fingerprint density at radius 2 is 2.06 bits per heavy atom. The number of benzene rings is 1. The summed E-state index contributed by atoms with van der Waals surface area (Å²) in [6.07, 6.45) is 3.88. The van der Waals surface area contributed by atoms with Gasteiger partial charge in [-0.15, -0.1) is 0 Å². The van der Waals surface area contributed by atoms with Crippen molar-refractivity contribution in [1.29, 1.82) is 0 Å². The van der Waals surface area contributed by atoms with Crippen LogP contribution in [0.25, 0.3) is 0 Å². The van der Waals surface area contributed by atoms with Gasteiger partial charge in [0, 0.05) is 32.1 Å². The average Bonchev–Trinajstić information content (AvgIpc) is 2.69. The van der Waals surface area contributed by atoms with Crippen molar-refractivity contribution < 1.29 is 0 Å². The monoisotopic (exact) mass is 244 g/mol. The van der Waals surface area contributed by atoms with Gasteiger partial charge in [-0.25, -0.2) is 0 Å². The quantitative estimate of drug-likeness (QED) is 0.801. The lowest BCUT2D eigenvalue weighted by atomic mass is 9.90. The van der Waals surface area contributed by atoms with Gasteiger partial charge in [-0.3, -0.25) is 0 Å². The van der Waals surface area contributed by atoms with Gasteiger partial charge in [0.2, 0.25) is 0 Å². The van der Waals surface area contributed by atoms with E-state index in [9.17, 15) is 0 Å². The SMILES string of the molecule is CCCC1C(CC)c2cccc3c2N1CCN3C. The minimum atomic E-state index is 0.741. The van der Waals surface area contributed by atoms with Gasteiger partial charge >= 0.3 is 0 Å². The number of hydrogen-bond donors (Lipinski definition) is 0. The molecule has 2 heterocycles. The van der Waals surface area contributed by atoms with E-state index in [0.29, 0.717) is 0 Å². The molecule has 0 radical (unpaired) electrons. The van der Waals surface area contributed by atoms with E-state index in [4.69, 9.17) is 0 Å². The first-order valence-corrected chi connectivity index (χ1v) is 7.38. The second-order valence-electron chi connectivity index (χ2n) is 5.70. The Morgan fingerprint density at radius 1 is 1.22 bits per heavy atom. The predicted octanol–water partition coefficient (Wildman–Crippen LogP) is 3.62. The minimum absolute atomic E-state index is 0.741. The second-order valence-corrected chi connectivity index (χ2v) is 5.70. The number of para-hydroxylation sites is 1. The number of rotatable bonds is 3. The first-order valence-electron chi connectivity index (χ1n) is 7.38. The molecule has 2 aliphatic heterocycles. The third-order valence-electron chi connectivity index (χ3n) is 4.71. The highest BCUT2D eigenvalue weighted by Crippen LogP contribution is 2.50. The van der Waals surface area contributed by atoms with Crippen molar-refractivity contribution in [3.05, 3.63) is 23.8 Å². The maximum atomic E-state index is 2.70. The molecule has 0 saturated carbocycles. The Labute approximate surface area is 111 Å². The molecule has 98 valence electrons. The second kappa shape index (κ2) is 4.49. The molecular formula is C16H24N2. The van der Waals surface area contributed by atoms with Crippen LogP contribution in [-0.4, -0.2) is 26.2 Å². The summed E-state index contributed by atoms with van der Waals surface area (Å²) in [5.74, 6) is 0.742. The van der Waals surface area contributed by atoms with Crippen LogP contribution >= 0.6 is 0 Å². The molecule has 0 N–H and O–H groups in total. The molecule has 0 amide bonds. The molecule has 0 fully saturated rings. The van der Waals surface area contributed by atoms with E-state index in [0.717, 1.165) is 18.5 Å². The molecular weight excluding hydrogens is 220 g/mol. The van der Waals surface area contributed by atoms with Gasteiger partial charge in [-0.05, 0) is 24.5 Å². The van der Waals surface area contributed by atoms with Crippen molar-refractivity contribution in [1.82, 2.24) is 0 Å². The van der Waals surface area contributed by atoms with Gasteiger partial charge in [-0.1, -0.05) is 32.4 Å². The van der Waals surface area contributed by atoms with Crippen molar-refractivity contribution >= 4 is 11.4 Å². The highest BCUT2D eigenvalue weighted by molar-refractivity contribution is 5.80. The molecule has 0 spiro atoms. The van der Waals surface area contributed by atoms with Gasteiger partial charge in [0.1, 0.15) is 0 Å². The topological polar surface area (TPSA) is 6.48 Å². The Bertz CT molecular complexity index is 441. The fraction of sp³-hybridized carbons (Fsp3) is 0.625. The molecule has 1 aromatic carbocycles. The predicted molar refractivity (Wildman–Crippen MR) is 78.8 cm³/mol. The summed E-state index contributed by atoms with van der Waals surface area (Å²) >= 11 is 0. The van der Waals surface area contributed by atoms with Crippen LogP contribution in [0.3, 0.4) is 0 Å². The first-order chi connectivity index (χ1) is 8.77. The van der Waals surface area contributed by atoms with Crippen molar-refractivity contribution in [3.63, 3.8) is 0 Å². The lowest BCUT2D eigenvalue weighted by Gasteiger charge is -2.38. The number of hydrogen-bond acceptors (Lipinski definition) is 2. The smallest absolute Gasteiger partial charge is 0.0643 e. The van der Waals surface area contributed by atoms with Crippen LogP contribution in [-0.2, 0) is 0 Å². The first kappa shape index (κ1) is 11.9. The van der Waals surface area contributed by atoms with Crippen LogP contribution in [0, 0.1) is 0 Å². The van der Waals surface area contributed by atoms with E-state index < -0.39 is 0 Å². The zero-order chi connectivity index (χ0) is 12.7. The Morgan fingerprint density at radius 3 is 2.78 bits per heavy atom.